The smallest absolute Gasteiger partial charge is 0.410 e. The fourth-order valence-electron chi connectivity index (χ4n) is 1.10. The molecule has 5 nitrogen and oxygen atoms in total. The number of amides is 1. The Hall–Kier alpha value is -1.75. The maximum atomic E-state index is 11.3. The minimum Gasteiger partial charge on any atom is -0.480 e. The summed E-state index contributed by atoms with van der Waals surface area (Å²) in [7, 11) is 1.36. The van der Waals surface area contributed by atoms with E-state index in [-0.39, 0.29) is 13.2 Å². The van der Waals surface area contributed by atoms with E-state index in [0.717, 1.165) is 10.5 Å². The van der Waals surface area contributed by atoms with Crippen molar-refractivity contribution in [2.75, 3.05) is 13.6 Å². The normalized spacial score (nSPS) is 9.76. The average molecular weight is 258 g/mol. The van der Waals surface area contributed by atoms with E-state index in [0.29, 0.717) is 5.02 Å². The van der Waals surface area contributed by atoms with Crippen LogP contribution in [0.3, 0.4) is 0 Å². The van der Waals surface area contributed by atoms with Crippen molar-refractivity contribution in [2.24, 2.45) is 0 Å². The Kier molecular flexibility index (Phi) is 4.78. The van der Waals surface area contributed by atoms with Crippen molar-refractivity contribution in [1.82, 2.24) is 4.90 Å². The van der Waals surface area contributed by atoms with E-state index in [2.05, 4.69) is 0 Å². The van der Waals surface area contributed by atoms with Crippen LogP contribution < -0.4 is 0 Å². The second-order valence-electron chi connectivity index (χ2n) is 3.43. The number of carbonyl (C=O) groups is 2. The van der Waals surface area contributed by atoms with Gasteiger partial charge in [-0.3, -0.25) is 4.79 Å². The van der Waals surface area contributed by atoms with E-state index in [9.17, 15) is 9.59 Å². The number of carboxylic acid groups (broad SMARTS) is 1. The summed E-state index contributed by atoms with van der Waals surface area (Å²) in [6, 6.07) is 6.83. The molecule has 0 fully saturated rings. The molecule has 0 atom stereocenters. The first-order valence-electron chi connectivity index (χ1n) is 4.83. The standard InChI is InChI=1S/C11H12ClNO4/c1-13(6-10(14)15)11(16)17-7-8-2-4-9(12)5-3-8/h2-5H,6-7H2,1H3,(H,14,15). The quantitative estimate of drug-likeness (QED) is 0.896. The maximum absolute atomic E-state index is 11.3. The van der Waals surface area contributed by atoms with E-state index in [1.165, 1.54) is 7.05 Å². The summed E-state index contributed by atoms with van der Waals surface area (Å²) in [5, 5.41) is 9.08. The van der Waals surface area contributed by atoms with E-state index in [1.54, 1.807) is 24.3 Å². The Morgan fingerprint density at radius 1 is 1.35 bits per heavy atom. The topological polar surface area (TPSA) is 66.8 Å². The van der Waals surface area contributed by atoms with Gasteiger partial charge >= 0.3 is 12.1 Å². The molecule has 6 heteroatoms. The van der Waals surface area contributed by atoms with Crippen molar-refractivity contribution in [3.05, 3.63) is 34.9 Å². The summed E-state index contributed by atoms with van der Waals surface area (Å²) in [6.07, 6.45) is -0.678. The Bertz CT molecular complexity index is 404. The van der Waals surface area contributed by atoms with Gasteiger partial charge < -0.3 is 14.7 Å². The lowest BCUT2D eigenvalue weighted by Crippen LogP contribution is -2.32. The fourth-order valence-corrected chi connectivity index (χ4v) is 1.23. The highest BCUT2D eigenvalue weighted by Crippen LogP contribution is 2.10. The predicted molar refractivity (Wildman–Crippen MR) is 61.9 cm³/mol. The second kappa shape index (κ2) is 6.10. The molecule has 0 aromatic heterocycles. The van der Waals surface area contributed by atoms with Crippen LogP contribution >= 0.6 is 11.6 Å². The molecule has 0 saturated carbocycles. The van der Waals surface area contributed by atoms with Crippen LogP contribution in [0.2, 0.25) is 5.02 Å². The summed E-state index contributed by atoms with van der Waals surface area (Å²) >= 11 is 5.70. The Morgan fingerprint density at radius 3 is 2.47 bits per heavy atom. The molecule has 1 N–H and O–H groups in total. The third-order valence-electron chi connectivity index (χ3n) is 1.96. The molecular weight excluding hydrogens is 246 g/mol. The lowest BCUT2D eigenvalue weighted by Gasteiger charge is -2.14. The van der Waals surface area contributed by atoms with E-state index < -0.39 is 12.1 Å². The number of ether oxygens (including phenoxy) is 1. The molecule has 0 unspecified atom stereocenters. The number of rotatable bonds is 4. The van der Waals surface area contributed by atoms with Crippen LogP contribution in [0.1, 0.15) is 5.56 Å². The Morgan fingerprint density at radius 2 is 1.94 bits per heavy atom. The summed E-state index contributed by atoms with van der Waals surface area (Å²) in [5.41, 5.74) is 0.784. The third kappa shape index (κ3) is 4.74. The molecule has 0 aliphatic heterocycles. The molecule has 1 aromatic rings. The van der Waals surface area contributed by atoms with Gasteiger partial charge in [0.2, 0.25) is 0 Å². The first-order valence-corrected chi connectivity index (χ1v) is 5.21. The zero-order chi connectivity index (χ0) is 12.8. The fraction of sp³-hybridized carbons (Fsp3) is 0.273. The van der Waals surface area contributed by atoms with Crippen molar-refractivity contribution in [2.45, 2.75) is 6.61 Å². The molecule has 0 aliphatic rings. The molecular formula is C11H12ClNO4. The number of aliphatic carboxylic acids is 1. The average Bonchev–Trinajstić information content (AvgIpc) is 2.27. The van der Waals surface area contributed by atoms with Gasteiger partial charge in [-0.05, 0) is 17.7 Å². The van der Waals surface area contributed by atoms with Crippen molar-refractivity contribution >= 4 is 23.7 Å². The monoisotopic (exact) mass is 257 g/mol. The zero-order valence-electron chi connectivity index (χ0n) is 9.22. The first kappa shape index (κ1) is 13.3. The molecule has 0 radical (unpaired) electrons. The van der Waals surface area contributed by atoms with E-state index >= 15 is 0 Å². The highest BCUT2D eigenvalue weighted by Gasteiger charge is 2.12. The van der Waals surface area contributed by atoms with Crippen molar-refractivity contribution in [3.8, 4) is 0 Å². The number of hydrogen-bond acceptors (Lipinski definition) is 3. The van der Waals surface area contributed by atoms with Gasteiger partial charge in [0.05, 0.1) is 0 Å². The van der Waals surface area contributed by atoms with Crippen LogP contribution in [0.15, 0.2) is 24.3 Å². The minimum absolute atomic E-state index is 0.0833. The molecule has 0 spiro atoms. The van der Waals surface area contributed by atoms with Crippen LogP contribution in [0, 0.1) is 0 Å². The van der Waals surface area contributed by atoms with Crippen LogP contribution in [0.4, 0.5) is 4.79 Å². The highest BCUT2D eigenvalue weighted by atomic mass is 35.5. The van der Waals surface area contributed by atoms with Crippen molar-refractivity contribution in [3.63, 3.8) is 0 Å². The van der Waals surface area contributed by atoms with Gasteiger partial charge in [-0.15, -0.1) is 0 Å². The summed E-state index contributed by atoms with van der Waals surface area (Å²) in [4.78, 5) is 22.7. The van der Waals surface area contributed by atoms with Gasteiger partial charge in [-0.2, -0.15) is 0 Å². The largest absolute Gasteiger partial charge is 0.480 e. The molecule has 17 heavy (non-hydrogen) atoms. The first-order chi connectivity index (χ1) is 7.99. The molecule has 1 amide bonds. The molecule has 0 saturated heterocycles. The Labute approximate surface area is 104 Å². The van der Waals surface area contributed by atoms with Crippen molar-refractivity contribution in [1.29, 1.82) is 0 Å². The highest BCUT2D eigenvalue weighted by molar-refractivity contribution is 6.30. The van der Waals surface area contributed by atoms with E-state index in [4.69, 9.17) is 21.4 Å². The number of hydrogen-bond donors (Lipinski definition) is 1. The van der Waals surface area contributed by atoms with Gasteiger partial charge in [0, 0.05) is 12.1 Å². The molecule has 0 aliphatic carbocycles. The van der Waals surface area contributed by atoms with Crippen LogP contribution in [-0.2, 0) is 16.1 Å². The van der Waals surface area contributed by atoms with Crippen LogP contribution in [0.25, 0.3) is 0 Å². The lowest BCUT2D eigenvalue weighted by atomic mass is 10.2. The van der Waals surface area contributed by atoms with Gasteiger partial charge in [-0.25, -0.2) is 4.79 Å². The van der Waals surface area contributed by atoms with E-state index in [1.807, 2.05) is 0 Å². The Balaban J connectivity index is 2.42. The van der Waals surface area contributed by atoms with Gasteiger partial charge in [0.15, 0.2) is 0 Å². The maximum Gasteiger partial charge on any atom is 0.410 e. The predicted octanol–water partition coefficient (Wildman–Crippen LogP) is 1.99. The second-order valence-corrected chi connectivity index (χ2v) is 3.87. The van der Waals surface area contributed by atoms with Gasteiger partial charge in [-0.1, -0.05) is 23.7 Å². The number of carboxylic acids is 1. The SMILES string of the molecule is CN(CC(=O)O)C(=O)OCc1ccc(Cl)cc1. The summed E-state index contributed by atoms with van der Waals surface area (Å²) in [5.74, 6) is -1.09. The molecule has 0 bridgehead atoms. The van der Waals surface area contributed by atoms with Gasteiger partial charge in [0.25, 0.3) is 0 Å². The molecule has 1 aromatic carbocycles. The van der Waals surface area contributed by atoms with Crippen LogP contribution in [0.5, 0.6) is 0 Å². The zero-order valence-corrected chi connectivity index (χ0v) is 9.98. The molecule has 0 heterocycles. The van der Waals surface area contributed by atoms with Crippen LogP contribution in [-0.4, -0.2) is 35.7 Å². The minimum atomic E-state index is -1.09. The van der Waals surface area contributed by atoms with Crippen molar-refractivity contribution < 1.29 is 19.4 Å². The third-order valence-corrected chi connectivity index (χ3v) is 2.21. The number of nitrogens with zero attached hydrogens (tertiary/aromatic N) is 1. The lowest BCUT2D eigenvalue weighted by molar-refractivity contribution is -0.137. The number of halogens is 1. The molecule has 92 valence electrons. The summed E-state index contributed by atoms with van der Waals surface area (Å²) in [6.45, 7) is -0.306. The number of likely N-dealkylation sites (N-methyl/N-ethyl adjacent to an activating group) is 1. The number of carbonyl (C=O) groups excluding carboxylic acids is 1. The number of benzene rings is 1. The summed E-state index contributed by atoms with van der Waals surface area (Å²) < 4.78 is 4.91. The van der Waals surface area contributed by atoms with Gasteiger partial charge in [0.1, 0.15) is 13.2 Å². The molecule has 1 rings (SSSR count).